The monoisotopic (exact) mass is 222 g/mol. The maximum Gasteiger partial charge on any atom is 0.145 e. The van der Waals surface area contributed by atoms with Crippen molar-refractivity contribution in [3.63, 3.8) is 0 Å². The van der Waals surface area contributed by atoms with E-state index >= 15 is 0 Å². The molecule has 4 aromatic rings. The van der Waals surface area contributed by atoms with E-state index in [1.165, 1.54) is 0 Å². The molecule has 17 heavy (non-hydrogen) atoms. The van der Waals surface area contributed by atoms with E-state index in [1.54, 1.807) is 12.4 Å². The van der Waals surface area contributed by atoms with Crippen molar-refractivity contribution in [2.45, 2.75) is 0 Å². The summed E-state index contributed by atoms with van der Waals surface area (Å²) in [6.07, 6.45) is 3.49. The minimum atomic E-state index is 0.730. The number of hydrogen-bond acceptors (Lipinski definition) is 5. The first-order chi connectivity index (χ1) is 8.45. The van der Waals surface area contributed by atoms with Crippen LogP contribution >= 0.6 is 0 Å². The molecule has 0 aliphatic rings. The fourth-order valence-electron chi connectivity index (χ4n) is 2.11. The lowest BCUT2D eigenvalue weighted by Gasteiger charge is -2.01. The Hall–Kier alpha value is -2.56. The van der Waals surface area contributed by atoms with Gasteiger partial charge in [-0.25, -0.2) is 4.63 Å². The number of aromatic nitrogens is 4. The largest absolute Gasteiger partial charge is 0.254 e. The minimum Gasteiger partial charge on any atom is -0.254 e. The Balaban J connectivity index is 2.48. The fourth-order valence-corrected chi connectivity index (χ4v) is 2.11. The highest BCUT2D eigenvalue weighted by Crippen LogP contribution is 2.29. The summed E-state index contributed by atoms with van der Waals surface area (Å²) in [6.45, 7) is 0. The Bertz CT molecular complexity index is 783. The van der Waals surface area contributed by atoms with Crippen molar-refractivity contribution in [1.82, 2.24) is 20.3 Å². The molecule has 0 aliphatic carbocycles. The lowest BCUT2D eigenvalue weighted by Crippen LogP contribution is -1.86. The van der Waals surface area contributed by atoms with Gasteiger partial charge < -0.3 is 0 Å². The maximum absolute atomic E-state index is 4.83. The molecule has 4 rings (SSSR count). The summed E-state index contributed by atoms with van der Waals surface area (Å²) in [5.74, 6) is 0. The number of fused-ring (bicyclic) bond motifs is 6. The van der Waals surface area contributed by atoms with Crippen LogP contribution in [0.3, 0.4) is 0 Å². The molecule has 0 atom stereocenters. The summed E-state index contributed by atoms with van der Waals surface area (Å²) >= 11 is 0. The first kappa shape index (κ1) is 8.58. The van der Waals surface area contributed by atoms with Gasteiger partial charge in [0.05, 0.1) is 11.0 Å². The molecule has 0 saturated heterocycles. The van der Waals surface area contributed by atoms with Crippen LogP contribution in [0.4, 0.5) is 0 Å². The van der Waals surface area contributed by atoms with E-state index in [2.05, 4.69) is 20.3 Å². The van der Waals surface area contributed by atoms with Crippen molar-refractivity contribution in [3.05, 3.63) is 36.7 Å². The van der Waals surface area contributed by atoms with Gasteiger partial charge in [0.1, 0.15) is 11.0 Å². The summed E-state index contributed by atoms with van der Waals surface area (Å²) < 4.78 is 4.83. The van der Waals surface area contributed by atoms with Gasteiger partial charge in [0.2, 0.25) is 0 Å². The molecule has 0 saturated carbocycles. The standard InChI is InChI=1S/C12H6N4O/c1-3-7-9(13-5-1)10-8(4-2-6-14-10)12-11(7)15-17-16-12/h1-6H. The van der Waals surface area contributed by atoms with Crippen LogP contribution in [-0.2, 0) is 0 Å². The molecule has 80 valence electrons. The van der Waals surface area contributed by atoms with Gasteiger partial charge in [-0.1, -0.05) is 0 Å². The topological polar surface area (TPSA) is 64.7 Å². The molecule has 0 aliphatic heterocycles. The lowest BCUT2D eigenvalue weighted by molar-refractivity contribution is 0.316. The first-order valence-electron chi connectivity index (χ1n) is 5.19. The average molecular weight is 222 g/mol. The Morgan fingerprint density at radius 2 is 1.24 bits per heavy atom. The quantitative estimate of drug-likeness (QED) is 0.427. The third-order valence-corrected chi connectivity index (χ3v) is 2.84. The van der Waals surface area contributed by atoms with Gasteiger partial charge >= 0.3 is 0 Å². The van der Waals surface area contributed by atoms with Gasteiger partial charge in [-0.05, 0) is 34.6 Å². The van der Waals surface area contributed by atoms with Crippen LogP contribution in [-0.4, -0.2) is 20.3 Å². The Labute approximate surface area is 95.1 Å². The van der Waals surface area contributed by atoms with Gasteiger partial charge in [0, 0.05) is 23.2 Å². The van der Waals surface area contributed by atoms with Gasteiger partial charge in [-0.3, -0.25) is 9.97 Å². The van der Waals surface area contributed by atoms with E-state index in [9.17, 15) is 0 Å². The van der Waals surface area contributed by atoms with E-state index in [-0.39, 0.29) is 0 Å². The van der Waals surface area contributed by atoms with Gasteiger partial charge in [0.15, 0.2) is 0 Å². The number of rotatable bonds is 0. The number of hydrogen-bond donors (Lipinski definition) is 0. The van der Waals surface area contributed by atoms with E-state index in [1.807, 2.05) is 24.3 Å². The molecule has 0 fully saturated rings. The van der Waals surface area contributed by atoms with E-state index in [4.69, 9.17) is 4.63 Å². The average Bonchev–Trinajstić information content (AvgIpc) is 2.89. The van der Waals surface area contributed by atoms with Crippen molar-refractivity contribution >= 4 is 32.8 Å². The molecular weight excluding hydrogens is 216 g/mol. The van der Waals surface area contributed by atoms with Crippen molar-refractivity contribution in [1.29, 1.82) is 0 Å². The highest BCUT2D eigenvalue weighted by molar-refractivity contribution is 6.20. The molecule has 0 bridgehead atoms. The van der Waals surface area contributed by atoms with Crippen molar-refractivity contribution in [2.24, 2.45) is 0 Å². The summed E-state index contributed by atoms with van der Waals surface area (Å²) in [5.41, 5.74) is 3.11. The highest BCUT2D eigenvalue weighted by Gasteiger charge is 2.13. The van der Waals surface area contributed by atoms with Crippen LogP contribution in [0.2, 0.25) is 0 Å². The minimum absolute atomic E-state index is 0.730. The summed E-state index contributed by atoms with van der Waals surface area (Å²) in [6, 6.07) is 7.63. The molecule has 1 aromatic carbocycles. The van der Waals surface area contributed by atoms with E-state index in [0.29, 0.717) is 0 Å². The molecule has 3 heterocycles. The zero-order valence-electron chi connectivity index (χ0n) is 8.66. The molecule has 0 radical (unpaired) electrons. The lowest BCUT2D eigenvalue weighted by atomic mass is 10.1. The van der Waals surface area contributed by atoms with Gasteiger partial charge in [-0.15, -0.1) is 0 Å². The molecule has 0 spiro atoms. The smallest absolute Gasteiger partial charge is 0.145 e. The number of pyridine rings is 2. The van der Waals surface area contributed by atoms with E-state index < -0.39 is 0 Å². The van der Waals surface area contributed by atoms with Gasteiger partial charge in [-0.2, -0.15) is 0 Å². The molecule has 0 unspecified atom stereocenters. The second-order valence-electron chi connectivity index (χ2n) is 3.76. The van der Waals surface area contributed by atoms with Crippen molar-refractivity contribution in [3.8, 4) is 0 Å². The summed E-state index contributed by atoms with van der Waals surface area (Å²) in [7, 11) is 0. The molecule has 5 heteroatoms. The SMILES string of the molecule is c1cnc2c(c1)c1nonc1c1cccnc12. The third-order valence-electron chi connectivity index (χ3n) is 2.84. The molecule has 3 aromatic heterocycles. The Morgan fingerprint density at radius 3 is 1.76 bits per heavy atom. The predicted octanol–water partition coefficient (Wildman–Crippen LogP) is 2.32. The second kappa shape index (κ2) is 2.98. The van der Waals surface area contributed by atoms with E-state index in [0.717, 1.165) is 32.8 Å². The predicted molar refractivity (Wildman–Crippen MR) is 62.4 cm³/mol. The van der Waals surface area contributed by atoms with Crippen LogP contribution in [0, 0.1) is 0 Å². The molecular formula is C12H6N4O. The highest BCUT2D eigenvalue weighted by atomic mass is 16.6. The van der Waals surface area contributed by atoms with Crippen LogP contribution in [0.25, 0.3) is 32.8 Å². The van der Waals surface area contributed by atoms with Crippen LogP contribution in [0.15, 0.2) is 41.3 Å². The van der Waals surface area contributed by atoms with Crippen molar-refractivity contribution in [2.75, 3.05) is 0 Å². The fraction of sp³-hybridized carbons (Fsp3) is 0. The maximum atomic E-state index is 4.83. The number of nitrogens with zero attached hydrogens (tertiary/aromatic N) is 4. The zero-order valence-corrected chi connectivity index (χ0v) is 8.66. The molecule has 0 amide bonds. The Morgan fingerprint density at radius 1 is 0.706 bits per heavy atom. The summed E-state index contributed by atoms with van der Waals surface area (Å²) in [5, 5.41) is 9.71. The van der Waals surface area contributed by atoms with Gasteiger partial charge in [0.25, 0.3) is 0 Å². The normalized spacial score (nSPS) is 11.5. The van der Waals surface area contributed by atoms with Crippen molar-refractivity contribution < 1.29 is 4.63 Å². The van der Waals surface area contributed by atoms with Crippen LogP contribution in [0.1, 0.15) is 0 Å². The molecule has 5 nitrogen and oxygen atoms in total. The first-order valence-corrected chi connectivity index (χ1v) is 5.19. The Kier molecular flexibility index (Phi) is 1.50. The van der Waals surface area contributed by atoms with Crippen LogP contribution in [0.5, 0.6) is 0 Å². The number of benzene rings is 1. The second-order valence-corrected chi connectivity index (χ2v) is 3.76. The summed E-state index contributed by atoms with van der Waals surface area (Å²) in [4.78, 5) is 8.73. The third kappa shape index (κ3) is 1.02. The van der Waals surface area contributed by atoms with Crippen LogP contribution < -0.4 is 0 Å². The zero-order chi connectivity index (χ0) is 11.2. The molecule has 0 N–H and O–H groups in total.